The van der Waals surface area contributed by atoms with Crippen LogP contribution in [0.4, 0.5) is 15.3 Å². The molecule has 1 aliphatic heterocycles. The van der Waals surface area contributed by atoms with Gasteiger partial charge in [0.15, 0.2) is 6.23 Å². The zero-order valence-electron chi connectivity index (χ0n) is 11.6. The minimum atomic E-state index is -1.01. The summed E-state index contributed by atoms with van der Waals surface area (Å²) in [5.74, 6) is 0. The quantitative estimate of drug-likeness (QED) is 0.572. The maximum Gasteiger partial charge on any atom is 0.321 e. The van der Waals surface area contributed by atoms with Crippen LogP contribution in [0, 0.1) is 6.92 Å². The van der Waals surface area contributed by atoms with Gasteiger partial charge in [0.1, 0.15) is 0 Å². The molecule has 1 unspecified atom stereocenters. The van der Waals surface area contributed by atoms with Gasteiger partial charge in [-0.15, -0.1) is 0 Å². The number of hydrogen-bond acceptors (Lipinski definition) is 3. The summed E-state index contributed by atoms with van der Waals surface area (Å²) in [6.07, 6.45) is 0.861. The summed E-state index contributed by atoms with van der Waals surface area (Å²) in [7, 11) is 0. The number of carbonyl (C=O) groups excluding carboxylic acids is 2. The molecule has 1 aliphatic rings. The molecule has 0 radical (unpaired) electrons. The zero-order valence-corrected chi connectivity index (χ0v) is 11.6. The third-order valence-electron chi connectivity index (χ3n) is 3.02. The van der Waals surface area contributed by atoms with Crippen LogP contribution in [0.2, 0.25) is 0 Å². The molecule has 0 fully saturated rings. The summed E-state index contributed by atoms with van der Waals surface area (Å²) in [6, 6.07) is 6.70. The lowest BCUT2D eigenvalue weighted by Crippen LogP contribution is -2.46. The number of benzene rings is 1. The van der Waals surface area contributed by atoms with Crippen LogP contribution in [0.5, 0.6) is 0 Å². The number of urea groups is 2. The van der Waals surface area contributed by atoms with Crippen LogP contribution in [-0.4, -0.2) is 29.9 Å². The van der Waals surface area contributed by atoms with Crippen LogP contribution >= 0.6 is 0 Å². The van der Waals surface area contributed by atoms with Crippen molar-refractivity contribution in [3.63, 3.8) is 0 Å². The van der Waals surface area contributed by atoms with E-state index in [0.717, 1.165) is 5.56 Å². The van der Waals surface area contributed by atoms with E-state index in [1.165, 1.54) is 6.20 Å². The number of anilines is 1. The fourth-order valence-corrected chi connectivity index (χ4v) is 1.84. The fourth-order valence-electron chi connectivity index (χ4n) is 1.84. The third-order valence-corrected chi connectivity index (χ3v) is 3.02. The number of rotatable bonds is 4. The van der Waals surface area contributed by atoms with Crippen molar-refractivity contribution in [3.8, 4) is 0 Å². The van der Waals surface area contributed by atoms with E-state index in [1.54, 1.807) is 0 Å². The Morgan fingerprint density at radius 2 is 2.05 bits per heavy atom. The first kappa shape index (κ1) is 14.9. The molecule has 7 heteroatoms. The van der Waals surface area contributed by atoms with E-state index >= 15 is 0 Å². The SMILES string of the molecule is Cc1ccc(NC(=O)NCCC2=CNC(=O)NC2O)cc1. The molecule has 0 spiro atoms. The van der Waals surface area contributed by atoms with Crippen molar-refractivity contribution in [2.75, 3.05) is 11.9 Å². The minimum absolute atomic E-state index is 0.318. The first-order chi connectivity index (χ1) is 10.0. The summed E-state index contributed by atoms with van der Waals surface area (Å²) >= 11 is 0. The first-order valence-corrected chi connectivity index (χ1v) is 6.60. The number of aryl methyl sites for hydroxylation is 1. The van der Waals surface area contributed by atoms with Gasteiger partial charge < -0.3 is 26.4 Å². The second kappa shape index (κ2) is 6.76. The third kappa shape index (κ3) is 4.50. The molecule has 1 atom stereocenters. The summed E-state index contributed by atoms with van der Waals surface area (Å²) in [6.45, 7) is 2.32. The number of nitrogens with one attached hydrogen (secondary N) is 4. The number of hydrogen-bond donors (Lipinski definition) is 5. The van der Waals surface area contributed by atoms with Crippen molar-refractivity contribution in [2.45, 2.75) is 19.6 Å². The van der Waals surface area contributed by atoms with E-state index < -0.39 is 12.3 Å². The lowest BCUT2D eigenvalue weighted by atomic mass is 10.1. The van der Waals surface area contributed by atoms with E-state index in [0.29, 0.717) is 24.2 Å². The predicted octanol–water partition coefficient (Wildman–Crippen LogP) is 1.02. The smallest absolute Gasteiger partial charge is 0.321 e. The average Bonchev–Trinajstić information content (AvgIpc) is 2.44. The van der Waals surface area contributed by atoms with Crippen molar-refractivity contribution >= 4 is 17.7 Å². The van der Waals surface area contributed by atoms with Gasteiger partial charge in [-0.05, 0) is 31.1 Å². The molecule has 2 rings (SSSR count). The van der Waals surface area contributed by atoms with Gasteiger partial charge in [-0.1, -0.05) is 17.7 Å². The maximum atomic E-state index is 11.7. The van der Waals surface area contributed by atoms with Gasteiger partial charge in [-0.3, -0.25) is 0 Å². The van der Waals surface area contributed by atoms with E-state index in [9.17, 15) is 14.7 Å². The Hall–Kier alpha value is -2.54. The molecule has 5 N–H and O–H groups in total. The van der Waals surface area contributed by atoms with E-state index in [-0.39, 0.29) is 6.03 Å². The van der Waals surface area contributed by atoms with Gasteiger partial charge in [-0.2, -0.15) is 0 Å². The monoisotopic (exact) mass is 290 g/mol. The largest absolute Gasteiger partial charge is 0.370 e. The zero-order chi connectivity index (χ0) is 15.2. The number of amides is 4. The molecule has 1 heterocycles. The molecule has 4 amide bonds. The number of carbonyl (C=O) groups is 2. The van der Waals surface area contributed by atoms with Crippen molar-refractivity contribution in [3.05, 3.63) is 41.6 Å². The van der Waals surface area contributed by atoms with Crippen LogP contribution in [0.1, 0.15) is 12.0 Å². The fraction of sp³-hybridized carbons (Fsp3) is 0.286. The lowest BCUT2D eigenvalue weighted by molar-refractivity contribution is 0.161. The summed E-state index contributed by atoms with van der Waals surface area (Å²) < 4.78 is 0. The number of aliphatic hydroxyl groups excluding tert-OH is 1. The summed E-state index contributed by atoms with van der Waals surface area (Å²) in [5.41, 5.74) is 2.43. The van der Waals surface area contributed by atoms with Crippen molar-refractivity contribution in [1.29, 1.82) is 0 Å². The Kier molecular flexibility index (Phi) is 4.78. The van der Waals surface area contributed by atoms with Gasteiger partial charge in [-0.25, -0.2) is 9.59 Å². The highest BCUT2D eigenvalue weighted by molar-refractivity contribution is 5.89. The first-order valence-electron chi connectivity index (χ1n) is 6.60. The summed E-state index contributed by atoms with van der Waals surface area (Å²) in [4.78, 5) is 22.6. The van der Waals surface area contributed by atoms with Crippen LogP contribution in [0.25, 0.3) is 0 Å². The average molecular weight is 290 g/mol. The molecule has 0 bridgehead atoms. The Morgan fingerprint density at radius 3 is 2.71 bits per heavy atom. The molecule has 112 valence electrons. The molecule has 7 nitrogen and oxygen atoms in total. The molecule has 0 aromatic heterocycles. The van der Waals surface area contributed by atoms with Crippen molar-refractivity contribution < 1.29 is 14.7 Å². The highest BCUT2D eigenvalue weighted by Crippen LogP contribution is 2.09. The molecular formula is C14H18N4O3. The highest BCUT2D eigenvalue weighted by atomic mass is 16.3. The maximum absolute atomic E-state index is 11.7. The number of aliphatic hydroxyl groups is 1. The molecule has 0 saturated heterocycles. The topological polar surface area (TPSA) is 102 Å². The summed E-state index contributed by atoms with van der Waals surface area (Å²) in [5, 5.41) is 19.8. The minimum Gasteiger partial charge on any atom is -0.370 e. The van der Waals surface area contributed by atoms with E-state index in [1.807, 2.05) is 31.2 Å². The van der Waals surface area contributed by atoms with Crippen LogP contribution in [-0.2, 0) is 0 Å². The van der Waals surface area contributed by atoms with Gasteiger partial charge in [0.2, 0.25) is 0 Å². The van der Waals surface area contributed by atoms with Gasteiger partial charge in [0.25, 0.3) is 0 Å². The molecular weight excluding hydrogens is 272 g/mol. The van der Waals surface area contributed by atoms with Gasteiger partial charge in [0, 0.05) is 18.4 Å². The predicted molar refractivity (Wildman–Crippen MR) is 78.6 cm³/mol. The lowest BCUT2D eigenvalue weighted by Gasteiger charge is -2.21. The second-order valence-electron chi connectivity index (χ2n) is 4.74. The van der Waals surface area contributed by atoms with Crippen LogP contribution in [0.15, 0.2) is 36.0 Å². The molecule has 21 heavy (non-hydrogen) atoms. The van der Waals surface area contributed by atoms with Crippen molar-refractivity contribution in [1.82, 2.24) is 16.0 Å². The van der Waals surface area contributed by atoms with Gasteiger partial charge in [0.05, 0.1) is 0 Å². The van der Waals surface area contributed by atoms with Gasteiger partial charge >= 0.3 is 12.1 Å². The van der Waals surface area contributed by atoms with Crippen molar-refractivity contribution in [2.24, 2.45) is 0 Å². The standard InChI is InChI=1S/C14H18N4O3/c1-9-2-4-11(5-3-9)17-13(20)15-7-6-10-8-16-14(21)18-12(10)19/h2-5,8,12,19H,6-7H2,1H3,(H2,15,17,20)(H2,16,18,21). The molecule has 1 aromatic carbocycles. The Morgan fingerprint density at radius 1 is 1.33 bits per heavy atom. The van der Waals surface area contributed by atoms with E-state index in [2.05, 4.69) is 21.3 Å². The normalized spacial score (nSPS) is 17.3. The Labute approximate surface area is 122 Å². The Bertz CT molecular complexity index is 554. The second-order valence-corrected chi connectivity index (χ2v) is 4.74. The molecule has 0 aliphatic carbocycles. The van der Waals surface area contributed by atoms with E-state index in [4.69, 9.17) is 0 Å². The molecule has 1 aromatic rings. The Balaban J connectivity index is 1.74. The van der Waals surface area contributed by atoms with Crippen LogP contribution in [0.3, 0.4) is 0 Å². The van der Waals surface area contributed by atoms with Crippen LogP contribution < -0.4 is 21.3 Å². The highest BCUT2D eigenvalue weighted by Gasteiger charge is 2.18. The molecule has 0 saturated carbocycles.